The molecule has 23 heavy (non-hydrogen) atoms. The highest BCUT2D eigenvalue weighted by molar-refractivity contribution is 5.90. The maximum absolute atomic E-state index is 12.0. The molecular formula is C19H24N2O2. The van der Waals surface area contributed by atoms with Crippen molar-refractivity contribution in [1.82, 2.24) is 5.32 Å². The van der Waals surface area contributed by atoms with Crippen LogP contribution < -0.4 is 10.6 Å². The molecule has 2 unspecified atom stereocenters. The van der Waals surface area contributed by atoms with Gasteiger partial charge in [-0.25, -0.2) is 0 Å². The Balaban J connectivity index is 1.80. The molecule has 0 fully saturated rings. The molecule has 0 spiro atoms. The predicted octanol–water partition coefficient (Wildman–Crippen LogP) is 2.90. The van der Waals surface area contributed by atoms with E-state index < -0.39 is 5.60 Å². The Hall–Kier alpha value is -2.17. The molecule has 0 saturated heterocycles. The summed E-state index contributed by atoms with van der Waals surface area (Å²) in [6.45, 7) is 4.09. The molecule has 2 atom stereocenters. The van der Waals surface area contributed by atoms with Crippen LogP contribution in [0.5, 0.6) is 0 Å². The Bertz CT molecular complexity index is 612. The monoisotopic (exact) mass is 312 g/mol. The number of hydrogen-bond acceptors (Lipinski definition) is 3. The van der Waals surface area contributed by atoms with Crippen LogP contribution in [0.1, 0.15) is 25.8 Å². The van der Waals surface area contributed by atoms with Gasteiger partial charge in [-0.2, -0.15) is 0 Å². The Morgan fingerprint density at radius 2 is 1.65 bits per heavy atom. The number of anilines is 1. The topological polar surface area (TPSA) is 61.4 Å². The van der Waals surface area contributed by atoms with E-state index in [0.29, 0.717) is 13.0 Å². The van der Waals surface area contributed by atoms with Crippen LogP contribution in [-0.4, -0.2) is 23.6 Å². The van der Waals surface area contributed by atoms with Crippen LogP contribution in [0.2, 0.25) is 0 Å². The molecule has 2 rings (SSSR count). The molecule has 2 aromatic rings. The summed E-state index contributed by atoms with van der Waals surface area (Å²) in [4.78, 5) is 12.0. The summed E-state index contributed by atoms with van der Waals surface area (Å²) in [5, 5.41) is 16.6. The second-order valence-electron chi connectivity index (χ2n) is 6.04. The summed E-state index contributed by atoms with van der Waals surface area (Å²) in [6, 6.07) is 18.9. The zero-order valence-electron chi connectivity index (χ0n) is 13.6. The van der Waals surface area contributed by atoms with Crippen molar-refractivity contribution in [3.05, 3.63) is 66.2 Å². The molecule has 122 valence electrons. The average Bonchev–Trinajstić information content (AvgIpc) is 2.55. The smallest absolute Gasteiger partial charge is 0.225 e. The van der Waals surface area contributed by atoms with Crippen LogP contribution in [0.3, 0.4) is 0 Å². The van der Waals surface area contributed by atoms with Crippen LogP contribution in [0.4, 0.5) is 5.69 Å². The third-order valence-electron chi connectivity index (χ3n) is 3.74. The third-order valence-corrected chi connectivity index (χ3v) is 3.74. The van der Waals surface area contributed by atoms with Gasteiger partial charge in [-0.05, 0) is 31.5 Å². The highest BCUT2D eigenvalue weighted by atomic mass is 16.3. The number of para-hydroxylation sites is 1. The van der Waals surface area contributed by atoms with Crippen LogP contribution in [0.15, 0.2) is 60.7 Å². The first kappa shape index (κ1) is 17.2. The standard InChI is InChI=1S/C19H24N2O2/c1-15(13-18(22)21-17-11-7-4-8-12-17)20-14-19(2,23)16-9-5-3-6-10-16/h3-12,15,20,23H,13-14H2,1-2H3,(H,21,22). The first-order chi connectivity index (χ1) is 11.0. The number of nitrogens with one attached hydrogen (secondary N) is 2. The zero-order chi connectivity index (χ0) is 16.7. The van der Waals surface area contributed by atoms with E-state index in [4.69, 9.17) is 0 Å². The van der Waals surface area contributed by atoms with Crippen molar-refractivity contribution in [3.63, 3.8) is 0 Å². The van der Waals surface area contributed by atoms with Crippen molar-refractivity contribution in [2.45, 2.75) is 31.9 Å². The number of rotatable bonds is 7. The summed E-state index contributed by atoms with van der Waals surface area (Å²) < 4.78 is 0. The van der Waals surface area contributed by atoms with Gasteiger partial charge in [-0.15, -0.1) is 0 Å². The van der Waals surface area contributed by atoms with Gasteiger partial charge in [-0.1, -0.05) is 48.5 Å². The van der Waals surface area contributed by atoms with Gasteiger partial charge in [0.25, 0.3) is 0 Å². The fraction of sp³-hybridized carbons (Fsp3) is 0.316. The van der Waals surface area contributed by atoms with E-state index in [1.54, 1.807) is 6.92 Å². The predicted molar refractivity (Wildman–Crippen MR) is 93.2 cm³/mol. The normalized spacial score (nSPS) is 14.7. The van der Waals surface area contributed by atoms with Gasteiger partial charge >= 0.3 is 0 Å². The quantitative estimate of drug-likeness (QED) is 0.737. The maximum Gasteiger partial charge on any atom is 0.225 e. The molecule has 0 aliphatic heterocycles. The fourth-order valence-corrected chi connectivity index (χ4v) is 2.36. The summed E-state index contributed by atoms with van der Waals surface area (Å²) in [5.74, 6) is -0.0458. The molecule has 0 aromatic heterocycles. The Morgan fingerprint density at radius 1 is 1.09 bits per heavy atom. The van der Waals surface area contributed by atoms with Gasteiger partial charge in [0.05, 0.1) is 5.60 Å². The lowest BCUT2D eigenvalue weighted by Crippen LogP contribution is -2.41. The van der Waals surface area contributed by atoms with Crippen LogP contribution in [0.25, 0.3) is 0 Å². The second-order valence-corrected chi connectivity index (χ2v) is 6.04. The maximum atomic E-state index is 12.0. The highest BCUT2D eigenvalue weighted by Gasteiger charge is 2.23. The van der Waals surface area contributed by atoms with E-state index in [1.807, 2.05) is 67.6 Å². The molecule has 4 heteroatoms. The largest absolute Gasteiger partial charge is 0.384 e. The van der Waals surface area contributed by atoms with Crippen molar-refractivity contribution in [1.29, 1.82) is 0 Å². The Morgan fingerprint density at radius 3 is 2.26 bits per heavy atom. The minimum Gasteiger partial charge on any atom is -0.384 e. The number of aliphatic hydroxyl groups is 1. The van der Waals surface area contributed by atoms with E-state index in [1.165, 1.54) is 0 Å². The molecule has 1 amide bonds. The van der Waals surface area contributed by atoms with Crippen molar-refractivity contribution in [3.8, 4) is 0 Å². The van der Waals surface area contributed by atoms with Gasteiger partial charge in [0.15, 0.2) is 0 Å². The van der Waals surface area contributed by atoms with Crippen molar-refractivity contribution in [2.24, 2.45) is 0 Å². The lowest BCUT2D eigenvalue weighted by atomic mass is 9.96. The highest BCUT2D eigenvalue weighted by Crippen LogP contribution is 2.19. The summed E-state index contributed by atoms with van der Waals surface area (Å²) in [7, 11) is 0. The van der Waals surface area contributed by atoms with Gasteiger partial charge in [0, 0.05) is 24.7 Å². The van der Waals surface area contributed by atoms with Crippen molar-refractivity contribution >= 4 is 11.6 Å². The van der Waals surface area contributed by atoms with E-state index in [2.05, 4.69) is 10.6 Å². The lowest BCUT2D eigenvalue weighted by molar-refractivity contribution is -0.116. The number of benzene rings is 2. The molecule has 0 bridgehead atoms. The summed E-state index contributed by atoms with van der Waals surface area (Å²) in [6.07, 6.45) is 0.347. The summed E-state index contributed by atoms with van der Waals surface area (Å²) in [5.41, 5.74) is 0.681. The minimum absolute atomic E-state index is 0.0334. The molecule has 4 nitrogen and oxygen atoms in total. The number of carbonyl (C=O) groups excluding carboxylic acids is 1. The van der Waals surface area contributed by atoms with E-state index in [0.717, 1.165) is 11.3 Å². The number of carbonyl (C=O) groups is 1. The molecule has 2 aromatic carbocycles. The molecule has 3 N–H and O–H groups in total. The van der Waals surface area contributed by atoms with Crippen LogP contribution >= 0.6 is 0 Å². The Labute approximate surface area is 137 Å². The molecule has 0 aliphatic carbocycles. The minimum atomic E-state index is -0.967. The Kier molecular flexibility index (Phi) is 5.90. The first-order valence-electron chi connectivity index (χ1n) is 7.83. The van der Waals surface area contributed by atoms with E-state index in [9.17, 15) is 9.90 Å². The van der Waals surface area contributed by atoms with Gasteiger partial charge in [0.2, 0.25) is 5.91 Å². The molecular weight excluding hydrogens is 288 g/mol. The number of hydrogen-bond donors (Lipinski definition) is 3. The van der Waals surface area contributed by atoms with Crippen LogP contribution in [0, 0.1) is 0 Å². The second kappa shape index (κ2) is 7.90. The molecule has 0 aliphatic rings. The first-order valence-corrected chi connectivity index (χ1v) is 7.83. The molecule has 0 heterocycles. The van der Waals surface area contributed by atoms with Gasteiger partial charge < -0.3 is 15.7 Å². The SMILES string of the molecule is CC(CC(=O)Nc1ccccc1)NCC(C)(O)c1ccccc1. The van der Waals surface area contributed by atoms with Crippen molar-refractivity contribution < 1.29 is 9.90 Å². The fourth-order valence-electron chi connectivity index (χ4n) is 2.36. The third kappa shape index (κ3) is 5.51. The summed E-state index contributed by atoms with van der Waals surface area (Å²) >= 11 is 0. The number of amides is 1. The average molecular weight is 312 g/mol. The van der Waals surface area contributed by atoms with Gasteiger partial charge in [-0.3, -0.25) is 4.79 Å². The van der Waals surface area contributed by atoms with E-state index in [-0.39, 0.29) is 11.9 Å². The molecule has 0 saturated carbocycles. The van der Waals surface area contributed by atoms with E-state index >= 15 is 0 Å². The van der Waals surface area contributed by atoms with Crippen LogP contribution in [-0.2, 0) is 10.4 Å². The zero-order valence-corrected chi connectivity index (χ0v) is 13.6. The lowest BCUT2D eigenvalue weighted by Gasteiger charge is -2.26. The van der Waals surface area contributed by atoms with Gasteiger partial charge in [0.1, 0.15) is 0 Å². The van der Waals surface area contributed by atoms with Crippen molar-refractivity contribution in [2.75, 3.05) is 11.9 Å². The molecule has 0 radical (unpaired) electrons.